The maximum atomic E-state index is 12.5. The number of hydrogen-bond acceptors (Lipinski definition) is 4. The van der Waals surface area contributed by atoms with Crippen LogP contribution < -0.4 is 20.5 Å². The van der Waals surface area contributed by atoms with E-state index in [1.165, 1.54) is 0 Å². The third-order valence-electron chi connectivity index (χ3n) is 3.41. The van der Waals surface area contributed by atoms with E-state index in [9.17, 15) is 4.79 Å². The number of carbonyl (C=O) groups is 1. The first kappa shape index (κ1) is 21.1. The third kappa shape index (κ3) is 5.28. The van der Waals surface area contributed by atoms with Crippen molar-refractivity contribution in [2.24, 2.45) is 0 Å². The number of benzene rings is 2. The Balaban J connectivity index is 0.00000312. The van der Waals surface area contributed by atoms with Gasteiger partial charge in [0, 0.05) is 10.0 Å². The lowest BCUT2D eigenvalue weighted by molar-refractivity contribution is 0.102. The van der Waals surface area contributed by atoms with E-state index in [1.54, 1.807) is 24.3 Å². The largest absolute Gasteiger partial charge is 0.490 e. The molecule has 0 atom stereocenters. The molecule has 0 saturated heterocycles. The number of aryl methyl sites for hydroxylation is 1. The molecular formula is C18H22BrClN2O3. The molecule has 2 rings (SSSR count). The Morgan fingerprint density at radius 3 is 2.40 bits per heavy atom. The Morgan fingerprint density at radius 2 is 1.76 bits per heavy atom. The molecule has 7 heteroatoms. The maximum Gasteiger partial charge on any atom is 0.255 e. The van der Waals surface area contributed by atoms with Gasteiger partial charge < -0.3 is 20.5 Å². The quantitative estimate of drug-likeness (QED) is 0.646. The van der Waals surface area contributed by atoms with Crippen LogP contribution in [0.4, 0.5) is 11.4 Å². The number of anilines is 2. The molecule has 2 aromatic carbocycles. The van der Waals surface area contributed by atoms with Crippen molar-refractivity contribution in [3.63, 3.8) is 0 Å². The molecule has 0 fully saturated rings. The summed E-state index contributed by atoms with van der Waals surface area (Å²) >= 11 is 3.41. The minimum atomic E-state index is -0.261. The molecule has 1 amide bonds. The maximum absolute atomic E-state index is 12.5. The normalized spacial score (nSPS) is 9.92. The number of carbonyl (C=O) groups excluding carboxylic acids is 1. The van der Waals surface area contributed by atoms with Gasteiger partial charge in [0.1, 0.15) is 0 Å². The van der Waals surface area contributed by atoms with Crippen LogP contribution in [-0.2, 0) is 0 Å². The van der Waals surface area contributed by atoms with Gasteiger partial charge in [0.15, 0.2) is 11.5 Å². The number of nitrogens with two attached hydrogens (primary N) is 1. The van der Waals surface area contributed by atoms with Crippen molar-refractivity contribution in [2.75, 3.05) is 24.3 Å². The minimum absolute atomic E-state index is 0. The van der Waals surface area contributed by atoms with Crippen molar-refractivity contribution in [1.82, 2.24) is 0 Å². The molecule has 0 heterocycles. The Morgan fingerprint density at radius 1 is 1.12 bits per heavy atom. The van der Waals surface area contributed by atoms with Crippen LogP contribution in [-0.4, -0.2) is 19.1 Å². The van der Waals surface area contributed by atoms with E-state index in [4.69, 9.17) is 15.2 Å². The van der Waals surface area contributed by atoms with Crippen LogP contribution >= 0.6 is 28.3 Å². The molecule has 0 aliphatic carbocycles. The summed E-state index contributed by atoms with van der Waals surface area (Å²) in [5.41, 5.74) is 8.51. The van der Waals surface area contributed by atoms with Crippen molar-refractivity contribution in [2.45, 2.75) is 20.8 Å². The van der Waals surface area contributed by atoms with Gasteiger partial charge in [-0.05, 0) is 56.7 Å². The summed E-state index contributed by atoms with van der Waals surface area (Å²) in [6, 6.07) is 8.78. The molecule has 2 aromatic rings. The lowest BCUT2D eigenvalue weighted by atomic mass is 10.1. The molecular weight excluding hydrogens is 408 g/mol. The van der Waals surface area contributed by atoms with Gasteiger partial charge in [0.05, 0.1) is 24.6 Å². The fraction of sp³-hybridized carbons (Fsp3) is 0.278. The van der Waals surface area contributed by atoms with Gasteiger partial charge in [0.25, 0.3) is 5.91 Å². The summed E-state index contributed by atoms with van der Waals surface area (Å²) in [7, 11) is 0. The van der Waals surface area contributed by atoms with Crippen LogP contribution in [0.5, 0.6) is 11.5 Å². The predicted octanol–water partition coefficient (Wildman–Crippen LogP) is 4.81. The monoisotopic (exact) mass is 428 g/mol. The zero-order valence-corrected chi connectivity index (χ0v) is 16.8. The van der Waals surface area contributed by atoms with Crippen LogP contribution in [0, 0.1) is 6.92 Å². The molecule has 25 heavy (non-hydrogen) atoms. The first-order valence-corrected chi connectivity index (χ1v) is 8.52. The average molecular weight is 430 g/mol. The Bertz CT molecular complexity index is 753. The van der Waals surface area contributed by atoms with E-state index in [1.807, 2.05) is 26.8 Å². The number of nitrogen functional groups attached to an aromatic ring is 1. The van der Waals surface area contributed by atoms with Gasteiger partial charge in [-0.2, -0.15) is 0 Å². The molecule has 0 unspecified atom stereocenters. The summed E-state index contributed by atoms with van der Waals surface area (Å²) in [5.74, 6) is 0.905. The molecule has 0 bridgehead atoms. The summed E-state index contributed by atoms with van der Waals surface area (Å²) in [6.45, 7) is 6.68. The number of halogens is 2. The fourth-order valence-electron chi connectivity index (χ4n) is 2.24. The molecule has 0 aliphatic heterocycles. The highest BCUT2D eigenvalue weighted by Gasteiger charge is 2.14. The number of ether oxygens (including phenoxy) is 2. The van der Waals surface area contributed by atoms with E-state index in [0.29, 0.717) is 41.7 Å². The van der Waals surface area contributed by atoms with Gasteiger partial charge >= 0.3 is 0 Å². The summed E-state index contributed by atoms with van der Waals surface area (Å²) < 4.78 is 11.9. The molecule has 3 N–H and O–H groups in total. The van der Waals surface area contributed by atoms with Crippen molar-refractivity contribution in [3.8, 4) is 11.5 Å². The van der Waals surface area contributed by atoms with E-state index in [0.717, 1.165) is 10.0 Å². The fourth-order valence-corrected chi connectivity index (χ4v) is 2.82. The standard InChI is InChI=1S/C18H21BrN2O3.ClH/c1-4-23-15-7-6-12(9-16(15)24-5-2)18(22)21-14-10-13(19)8-11(3)17(14)20;/h6-10H,4-5,20H2,1-3H3,(H,21,22);1H. The summed E-state index contributed by atoms with van der Waals surface area (Å²) in [4.78, 5) is 12.5. The highest BCUT2D eigenvalue weighted by atomic mass is 79.9. The summed E-state index contributed by atoms with van der Waals surface area (Å²) in [5, 5.41) is 2.84. The van der Waals surface area contributed by atoms with Crippen LogP contribution in [0.25, 0.3) is 0 Å². The smallest absolute Gasteiger partial charge is 0.255 e. The van der Waals surface area contributed by atoms with E-state index in [-0.39, 0.29) is 18.3 Å². The lowest BCUT2D eigenvalue weighted by Crippen LogP contribution is -2.14. The van der Waals surface area contributed by atoms with Crippen LogP contribution in [0.2, 0.25) is 0 Å². The van der Waals surface area contributed by atoms with E-state index >= 15 is 0 Å². The second-order valence-electron chi connectivity index (χ2n) is 5.17. The Hall–Kier alpha value is -1.92. The minimum Gasteiger partial charge on any atom is -0.490 e. The van der Waals surface area contributed by atoms with Crippen LogP contribution in [0.15, 0.2) is 34.8 Å². The van der Waals surface area contributed by atoms with Gasteiger partial charge in [0.2, 0.25) is 0 Å². The van der Waals surface area contributed by atoms with Gasteiger partial charge in [-0.3, -0.25) is 4.79 Å². The van der Waals surface area contributed by atoms with Crippen molar-refractivity contribution < 1.29 is 14.3 Å². The molecule has 0 spiro atoms. The first-order chi connectivity index (χ1) is 11.5. The van der Waals surface area contributed by atoms with Crippen molar-refractivity contribution >= 4 is 45.6 Å². The molecule has 0 saturated carbocycles. The van der Waals surface area contributed by atoms with Crippen LogP contribution in [0.1, 0.15) is 29.8 Å². The lowest BCUT2D eigenvalue weighted by Gasteiger charge is -2.14. The number of rotatable bonds is 6. The molecule has 5 nitrogen and oxygen atoms in total. The number of amides is 1. The van der Waals surface area contributed by atoms with Gasteiger partial charge in [-0.1, -0.05) is 15.9 Å². The second kappa shape index (κ2) is 9.53. The zero-order valence-electron chi connectivity index (χ0n) is 14.4. The Kier molecular flexibility index (Phi) is 8.06. The van der Waals surface area contributed by atoms with Gasteiger partial charge in [-0.25, -0.2) is 0 Å². The molecule has 136 valence electrons. The molecule has 0 aliphatic rings. The molecule has 0 aromatic heterocycles. The first-order valence-electron chi connectivity index (χ1n) is 7.72. The van der Waals surface area contributed by atoms with Gasteiger partial charge in [-0.15, -0.1) is 12.4 Å². The van der Waals surface area contributed by atoms with Crippen molar-refractivity contribution in [3.05, 3.63) is 45.9 Å². The topological polar surface area (TPSA) is 73.6 Å². The zero-order chi connectivity index (χ0) is 17.7. The van der Waals surface area contributed by atoms with E-state index < -0.39 is 0 Å². The van der Waals surface area contributed by atoms with Crippen molar-refractivity contribution in [1.29, 1.82) is 0 Å². The predicted molar refractivity (Wildman–Crippen MR) is 107 cm³/mol. The highest BCUT2D eigenvalue weighted by molar-refractivity contribution is 9.10. The summed E-state index contributed by atoms with van der Waals surface area (Å²) in [6.07, 6.45) is 0. The SMILES string of the molecule is CCOc1ccc(C(=O)Nc2cc(Br)cc(C)c2N)cc1OCC.Cl. The Labute approximate surface area is 162 Å². The second-order valence-corrected chi connectivity index (χ2v) is 6.08. The van der Waals surface area contributed by atoms with Crippen LogP contribution in [0.3, 0.4) is 0 Å². The number of hydrogen-bond donors (Lipinski definition) is 2. The third-order valence-corrected chi connectivity index (χ3v) is 3.86. The highest BCUT2D eigenvalue weighted by Crippen LogP contribution is 2.30. The molecule has 0 radical (unpaired) electrons. The van der Waals surface area contributed by atoms with E-state index in [2.05, 4.69) is 21.2 Å². The average Bonchev–Trinajstić information content (AvgIpc) is 2.54. The number of nitrogens with one attached hydrogen (secondary N) is 1.